The molecule has 0 aliphatic rings. The van der Waals surface area contributed by atoms with Crippen LogP contribution in [0.15, 0.2) is 11.6 Å². The lowest BCUT2D eigenvalue weighted by Gasteiger charge is -1.93. The van der Waals surface area contributed by atoms with Gasteiger partial charge >= 0.3 is 0 Å². The Hall–Kier alpha value is -0.0200. The predicted molar refractivity (Wildman–Crippen MR) is 39.5 cm³/mol. The number of thiol groups is 1. The van der Waals surface area contributed by atoms with Crippen LogP contribution in [0.5, 0.6) is 0 Å². The van der Waals surface area contributed by atoms with Gasteiger partial charge in [-0.1, -0.05) is 0 Å². The molecule has 0 fully saturated rings. The normalized spacial score (nSPS) is 13.8. The molecule has 1 aromatic rings. The first-order chi connectivity index (χ1) is 3.80. The van der Waals surface area contributed by atoms with E-state index in [1.165, 1.54) is 0 Å². The van der Waals surface area contributed by atoms with Gasteiger partial charge in [0.25, 0.3) is 0 Å². The monoisotopic (exact) mass is 145 g/mol. The third kappa shape index (κ3) is 1.23. The molecular weight excluding hydrogens is 138 g/mol. The zero-order chi connectivity index (χ0) is 5.98. The number of hydrogen-bond acceptors (Lipinski definition) is 3. The van der Waals surface area contributed by atoms with Crippen molar-refractivity contribution in [2.45, 2.75) is 12.2 Å². The molecule has 1 unspecified atom stereocenters. The largest absolute Gasteiger partial charge is 0.249 e. The summed E-state index contributed by atoms with van der Waals surface area (Å²) in [6.45, 7) is 2.02. The minimum absolute atomic E-state index is 0.287. The van der Waals surface area contributed by atoms with Gasteiger partial charge in [0.05, 0.1) is 5.25 Å². The zero-order valence-electron chi connectivity index (χ0n) is 4.53. The van der Waals surface area contributed by atoms with Crippen molar-refractivity contribution in [3.05, 3.63) is 16.6 Å². The number of hydrogen-bond donors (Lipinski definition) is 1. The van der Waals surface area contributed by atoms with E-state index in [0.717, 1.165) is 5.01 Å². The number of thiazole rings is 1. The van der Waals surface area contributed by atoms with E-state index in [9.17, 15) is 0 Å². The molecule has 3 heteroatoms. The van der Waals surface area contributed by atoms with Gasteiger partial charge in [0.1, 0.15) is 5.01 Å². The number of aromatic nitrogens is 1. The first kappa shape index (κ1) is 6.11. The third-order valence-electron chi connectivity index (χ3n) is 0.809. The van der Waals surface area contributed by atoms with Crippen LogP contribution >= 0.6 is 24.0 Å². The smallest absolute Gasteiger partial charge is 0.105 e. The number of rotatable bonds is 1. The van der Waals surface area contributed by atoms with E-state index in [-0.39, 0.29) is 5.25 Å². The summed E-state index contributed by atoms with van der Waals surface area (Å²) in [5.41, 5.74) is 0. The second-order valence-electron chi connectivity index (χ2n) is 1.55. The van der Waals surface area contributed by atoms with E-state index >= 15 is 0 Å². The summed E-state index contributed by atoms with van der Waals surface area (Å²) in [5.74, 6) is 0. The molecule has 0 bridgehead atoms. The summed E-state index contributed by atoms with van der Waals surface area (Å²) in [5, 5.41) is 3.34. The van der Waals surface area contributed by atoms with E-state index in [0.29, 0.717) is 0 Å². The highest BCUT2D eigenvalue weighted by Gasteiger charge is 1.98. The lowest BCUT2D eigenvalue weighted by Crippen LogP contribution is -1.78. The van der Waals surface area contributed by atoms with Gasteiger partial charge in [0, 0.05) is 11.6 Å². The molecule has 0 saturated heterocycles. The first-order valence-electron chi connectivity index (χ1n) is 2.38. The molecule has 0 spiro atoms. The van der Waals surface area contributed by atoms with Crippen LogP contribution in [0, 0.1) is 0 Å². The molecule has 1 rings (SSSR count). The summed E-state index contributed by atoms with van der Waals surface area (Å²) >= 11 is 5.85. The Kier molecular flexibility index (Phi) is 1.91. The molecule has 1 nitrogen and oxygen atoms in total. The molecule has 0 aliphatic heterocycles. The second kappa shape index (κ2) is 2.51. The molecule has 0 amide bonds. The maximum absolute atomic E-state index is 4.20. The standard InChI is InChI=1S/C5H7NS2/c1-4(7)5-6-2-3-8-5/h2-4,7H,1H3. The molecule has 1 heterocycles. The van der Waals surface area contributed by atoms with Crippen molar-refractivity contribution in [1.82, 2.24) is 4.98 Å². The fraction of sp³-hybridized carbons (Fsp3) is 0.400. The predicted octanol–water partition coefficient (Wildman–Crippen LogP) is 2.13. The molecule has 0 saturated carbocycles. The van der Waals surface area contributed by atoms with Gasteiger partial charge in [-0.2, -0.15) is 12.6 Å². The van der Waals surface area contributed by atoms with Gasteiger partial charge in [-0.05, 0) is 6.92 Å². The lowest BCUT2D eigenvalue weighted by molar-refractivity contribution is 1.07. The Balaban J connectivity index is 2.77. The van der Waals surface area contributed by atoms with Crippen LogP contribution in [-0.2, 0) is 0 Å². The Morgan fingerprint density at radius 1 is 1.88 bits per heavy atom. The van der Waals surface area contributed by atoms with Crippen LogP contribution in [0.25, 0.3) is 0 Å². The maximum Gasteiger partial charge on any atom is 0.105 e. The Morgan fingerprint density at radius 2 is 2.62 bits per heavy atom. The van der Waals surface area contributed by atoms with E-state index in [1.807, 2.05) is 12.3 Å². The molecule has 0 aromatic carbocycles. The maximum atomic E-state index is 4.20. The van der Waals surface area contributed by atoms with Crippen molar-refractivity contribution in [1.29, 1.82) is 0 Å². The summed E-state index contributed by atoms with van der Waals surface area (Å²) in [6.07, 6.45) is 1.80. The summed E-state index contributed by atoms with van der Waals surface area (Å²) in [7, 11) is 0. The van der Waals surface area contributed by atoms with Crippen LogP contribution in [0.3, 0.4) is 0 Å². The summed E-state index contributed by atoms with van der Waals surface area (Å²) in [4.78, 5) is 4.06. The molecule has 1 atom stereocenters. The molecule has 44 valence electrons. The minimum Gasteiger partial charge on any atom is -0.249 e. The molecule has 0 radical (unpaired) electrons. The quantitative estimate of drug-likeness (QED) is 0.597. The Labute approximate surface area is 58.2 Å². The summed E-state index contributed by atoms with van der Waals surface area (Å²) in [6, 6.07) is 0. The molecule has 0 aliphatic carbocycles. The topological polar surface area (TPSA) is 12.9 Å². The van der Waals surface area contributed by atoms with Crippen LogP contribution < -0.4 is 0 Å². The zero-order valence-corrected chi connectivity index (χ0v) is 6.25. The van der Waals surface area contributed by atoms with Crippen LogP contribution in [0.2, 0.25) is 0 Å². The van der Waals surface area contributed by atoms with Crippen molar-refractivity contribution in [2.75, 3.05) is 0 Å². The average molecular weight is 145 g/mol. The van der Waals surface area contributed by atoms with Gasteiger partial charge in [0.15, 0.2) is 0 Å². The van der Waals surface area contributed by atoms with Crippen LogP contribution in [-0.4, -0.2) is 4.98 Å². The molecule has 8 heavy (non-hydrogen) atoms. The average Bonchev–Trinajstić information content (AvgIpc) is 2.12. The summed E-state index contributed by atoms with van der Waals surface area (Å²) < 4.78 is 0. The Morgan fingerprint density at radius 3 is 2.88 bits per heavy atom. The van der Waals surface area contributed by atoms with Gasteiger partial charge in [-0.3, -0.25) is 0 Å². The fourth-order valence-corrected chi connectivity index (χ4v) is 1.27. The first-order valence-corrected chi connectivity index (χ1v) is 3.78. The highest BCUT2D eigenvalue weighted by molar-refractivity contribution is 7.80. The minimum atomic E-state index is 0.287. The third-order valence-corrected chi connectivity index (χ3v) is 2.19. The van der Waals surface area contributed by atoms with Gasteiger partial charge in [-0.25, -0.2) is 4.98 Å². The van der Waals surface area contributed by atoms with E-state index in [4.69, 9.17) is 0 Å². The second-order valence-corrected chi connectivity index (χ2v) is 3.25. The van der Waals surface area contributed by atoms with Gasteiger partial charge in [0.2, 0.25) is 0 Å². The van der Waals surface area contributed by atoms with Crippen molar-refractivity contribution in [2.24, 2.45) is 0 Å². The molecule has 1 aromatic heterocycles. The highest BCUT2D eigenvalue weighted by Crippen LogP contribution is 2.19. The Bertz CT molecular complexity index is 145. The van der Waals surface area contributed by atoms with Gasteiger partial charge in [-0.15, -0.1) is 11.3 Å². The number of nitrogens with zero attached hydrogens (tertiary/aromatic N) is 1. The highest BCUT2D eigenvalue weighted by atomic mass is 32.1. The van der Waals surface area contributed by atoms with Crippen molar-refractivity contribution in [3.8, 4) is 0 Å². The molecule has 0 N–H and O–H groups in total. The van der Waals surface area contributed by atoms with Crippen molar-refractivity contribution in [3.63, 3.8) is 0 Å². The van der Waals surface area contributed by atoms with E-state index < -0.39 is 0 Å². The van der Waals surface area contributed by atoms with Crippen molar-refractivity contribution < 1.29 is 0 Å². The van der Waals surface area contributed by atoms with Crippen LogP contribution in [0.1, 0.15) is 17.2 Å². The SMILES string of the molecule is CC(S)c1nccs1. The molecular formula is C5H7NS2. The van der Waals surface area contributed by atoms with E-state index in [1.54, 1.807) is 17.5 Å². The van der Waals surface area contributed by atoms with Crippen molar-refractivity contribution >= 4 is 24.0 Å². The fourth-order valence-electron chi connectivity index (χ4n) is 0.441. The van der Waals surface area contributed by atoms with E-state index in [2.05, 4.69) is 17.6 Å². The van der Waals surface area contributed by atoms with Crippen LogP contribution in [0.4, 0.5) is 0 Å². The van der Waals surface area contributed by atoms with Gasteiger partial charge < -0.3 is 0 Å². The lowest BCUT2D eigenvalue weighted by atomic mass is 10.5.